The lowest BCUT2D eigenvalue weighted by molar-refractivity contribution is 0.361. The minimum absolute atomic E-state index is 0.0384. The van der Waals surface area contributed by atoms with Gasteiger partial charge >= 0.3 is 0 Å². The summed E-state index contributed by atoms with van der Waals surface area (Å²) in [5, 5.41) is 0.537. The van der Waals surface area contributed by atoms with Gasteiger partial charge in [-0.15, -0.1) is 0 Å². The molecule has 136 valence electrons. The Kier molecular flexibility index (Phi) is 4.88. The molecule has 0 aliphatic rings. The molecule has 2 N–H and O–H groups in total. The summed E-state index contributed by atoms with van der Waals surface area (Å²) in [7, 11) is 1.61. The van der Waals surface area contributed by atoms with Crippen molar-refractivity contribution in [2.45, 2.75) is 39.2 Å². The highest BCUT2D eigenvalue weighted by Crippen LogP contribution is 2.39. The van der Waals surface area contributed by atoms with Crippen LogP contribution < -0.4 is 15.9 Å². The Bertz CT molecular complexity index is 986. The SMILES string of the molecule is CCC(N)(CC)c1c(OC)ccc2c(=O)c(C)c(-c3ccccc3)oc12. The molecule has 0 amide bonds. The van der Waals surface area contributed by atoms with Crippen LogP contribution in [0.5, 0.6) is 5.75 Å². The number of rotatable bonds is 5. The van der Waals surface area contributed by atoms with Crippen molar-refractivity contribution < 1.29 is 9.15 Å². The average molecular weight is 351 g/mol. The standard InChI is InChI=1S/C22H25NO3/c1-5-22(23,6-2)18-17(25-4)13-12-16-19(24)14(3)20(26-21(16)18)15-10-8-7-9-11-15/h7-13H,5-6,23H2,1-4H3. The van der Waals surface area contributed by atoms with E-state index in [1.54, 1.807) is 20.1 Å². The number of hydrogen-bond donors (Lipinski definition) is 1. The molecule has 0 saturated carbocycles. The molecule has 0 saturated heterocycles. The molecule has 1 heterocycles. The fourth-order valence-electron chi connectivity index (χ4n) is 3.44. The molecule has 26 heavy (non-hydrogen) atoms. The van der Waals surface area contributed by atoms with Gasteiger partial charge in [-0.2, -0.15) is 0 Å². The minimum atomic E-state index is -0.635. The van der Waals surface area contributed by atoms with Gasteiger partial charge in [-0.25, -0.2) is 0 Å². The Morgan fingerprint density at radius 3 is 2.31 bits per heavy atom. The summed E-state index contributed by atoms with van der Waals surface area (Å²) in [6.45, 7) is 5.87. The van der Waals surface area contributed by atoms with E-state index in [2.05, 4.69) is 0 Å². The van der Waals surface area contributed by atoms with Crippen LogP contribution in [0.1, 0.15) is 37.8 Å². The second-order valence-corrected chi connectivity index (χ2v) is 6.63. The second kappa shape index (κ2) is 6.96. The van der Waals surface area contributed by atoms with Crippen molar-refractivity contribution in [3.05, 3.63) is 63.8 Å². The summed E-state index contributed by atoms with van der Waals surface area (Å²) in [6.07, 6.45) is 1.41. The number of ether oxygens (including phenoxy) is 1. The Morgan fingerprint density at radius 1 is 1.08 bits per heavy atom. The third-order valence-corrected chi connectivity index (χ3v) is 5.26. The highest BCUT2D eigenvalue weighted by atomic mass is 16.5. The predicted octanol–water partition coefficient (Wildman–Crippen LogP) is 4.75. The van der Waals surface area contributed by atoms with E-state index in [1.807, 2.05) is 50.2 Å². The third-order valence-electron chi connectivity index (χ3n) is 5.26. The molecule has 0 aliphatic heterocycles. The van der Waals surface area contributed by atoms with Gasteiger partial charge in [-0.05, 0) is 31.9 Å². The average Bonchev–Trinajstić information content (AvgIpc) is 2.69. The highest BCUT2D eigenvalue weighted by Gasteiger charge is 2.31. The van der Waals surface area contributed by atoms with Gasteiger partial charge in [0.2, 0.25) is 0 Å². The largest absolute Gasteiger partial charge is 0.496 e. The molecular weight excluding hydrogens is 326 g/mol. The predicted molar refractivity (Wildman–Crippen MR) is 106 cm³/mol. The van der Waals surface area contributed by atoms with Crippen LogP contribution in [0, 0.1) is 6.92 Å². The van der Waals surface area contributed by atoms with Crippen molar-refractivity contribution in [2.24, 2.45) is 5.73 Å². The number of hydrogen-bond acceptors (Lipinski definition) is 4. The van der Waals surface area contributed by atoms with Crippen molar-refractivity contribution in [2.75, 3.05) is 7.11 Å². The summed E-state index contributed by atoms with van der Waals surface area (Å²) in [4.78, 5) is 13.0. The molecule has 0 spiro atoms. The topological polar surface area (TPSA) is 65.5 Å². The number of fused-ring (bicyclic) bond motifs is 1. The van der Waals surface area contributed by atoms with Gasteiger partial charge in [0.05, 0.1) is 18.1 Å². The third kappa shape index (κ3) is 2.80. The van der Waals surface area contributed by atoms with Crippen LogP contribution in [0.2, 0.25) is 0 Å². The van der Waals surface area contributed by atoms with Crippen LogP contribution in [0.15, 0.2) is 51.7 Å². The van der Waals surface area contributed by atoms with Crippen molar-refractivity contribution in [1.82, 2.24) is 0 Å². The van der Waals surface area contributed by atoms with Gasteiger partial charge in [0.1, 0.15) is 17.1 Å². The fraction of sp³-hybridized carbons (Fsp3) is 0.318. The van der Waals surface area contributed by atoms with Crippen molar-refractivity contribution in [3.63, 3.8) is 0 Å². The van der Waals surface area contributed by atoms with Crippen LogP contribution in [-0.2, 0) is 5.54 Å². The molecular formula is C22H25NO3. The first kappa shape index (κ1) is 18.2. The van der Waals surface area contributed by atoms with Gasteiger partial charge in [-0.1, -0.05) is 44.2 Å². The van der Waals surface area contributed by atoms with Crippen molar-refractivity contribution >= 4 is 11.0 Å². The summed E-state index contributed by atoms with van der Waals surface area (Å²) in [5.41, 5.74) is 8.76. The maximum Gasteiger partial charge on any atom is 0.196 e. The van der Waals surface area contributed by atoms with E-state index in [1.165, 1.54) is 0 Å². The van der Waals surface area contributed by atoms with E-state index in [4.69, 9.17) is 14.9 Å². The molecule has 1 aromatic heterocycles. The van der Waals surface area contributed by atoms with Gasteiger partial charge in [-0.3, -0.25) is 4.79 Å². The molecule has 4 nitrogen and oxygen atoms in total. The van der Waals surface area contributed by atoms with Gasteiger partial charge in [0.15, 0.2) is 5.43 Å². The zero-order chi connectivity index (χ0) is 18.9. The molecule has 2 aromatic carbocycles. The Morgan fingerprint density at radius 2 is 1.73 bits per heavy atom. The van der Waals surface area contributed by atoms with Crippen LogP contribution in [0.3, 0.4) is 0 Å². The quantitative estimate of drug-likeness (QED) is 0.720. The van der Waals surface area contributed by atoms with E-state index in [0.717, 1.165) is 11.1 Å². The minimum Gasteiger partial charge on any atom is -0.496 e. The molecule has 0 atom stereocenters. The maximum absolute atomic E-state index is 13.0. The smallest absolute Gasteiger partial charge is 0.196 e. The normalized spacial score (nSPS) is 11.7. The highest BCUT2D eigenvalue weighted by molar-refractivity contribution is 5.86. The maximum atomic E-state index is 13.0. The molecule has 0 bridgehead atoms. The Labute approximate surface area is 153 Å². The molecule has 0 aliphatic carbocycles. The first-order chi connectivity index (χ1) is 12.5. The van der Waals surface area contributed by atoms with Crippen LogP contribution in [-0.4, -0.2) is 7.11 Å². The second-order valence-electron chi connectivity index (χ2n) is 6.63. The zero-order valence-corrected chi connectivity index (χ0v) is 15.8. The molecule has 4 heteroatoms. The lowest BCUT2D eigenvalue weighted by atomic mass is 9.84. The number of methoxy groups -OCH3 is 1. The number of nitrogens with two attached hydrogens (primary N) is 1. The van der Waals surface area contributed by atoms with E-state index in [9.17, 15) is 4.79 Å². The Hall–Kier alpha value is -2.59. The molecule has 3 aromatic rings. The monoisotopic (exact) mass is 351 g/mol. The first-order valence-electron chi connectivity index (χ1n) is 8.96. The van der Waals surface area contributed by atoms with E-state index in [0.29, 0.717) is 40.9 Å². The number of benzene rings is 2. The Balaban J connectivity index is 2.46. The van der Waals surface area contributed by atoms with Crippen LogP contribution in [0.25, 0.3) is 22.3 Å². The van der Waals surface area contributed by atoms with Gasteiger partial charge in [0, 0.05) is 16.7 Å². The van der Waals surface area contributed by atoms with Crippen molar-refractivity contribution in [3.8, 4) is 17.1 Å². The van der Waals surface area contributed by atoms with Crippen LogP contribution >= 0.6 is 0 Å². The molecule has 0 unspecified atom stereocenters. The molecule has 0 fully saturated rings. The van der Waals surface area contributed by atoms with E-state index < -0.39 is 5.54 Å². The van der Waals surface area contributed by atoms with E-state index in [-0.39, 0.29) is 5.43 Å². The summed E-state index contributed by atoms with van der Waals surface area (Å²) in [6, 6.07) is 13.2. The first-order valence-corrected chi connectivity index (χ1v) is 8.96. The molecule has 0 radical (unpaired) electrons. The summed E-state index contributed by atoms with van der Waals surface area (Å²) in [5.74, 6) is 1.22. The lowest BCUT2D eigenvalue weighted by Gasteiger charge is -2.29. The van der Waals surface area contributed by atoms with Crippen LogP contribution in [0.4, 0.5) is 0 Å². The zero-order valence-electron chi connectivity index (χ0n) is 15.8. The summed E-state index contributed by atoms with van der Waals surface area (Å²) < 4.78 is 11.9. The van der Waals surface area contributed by atoms with Gasteiger partial charge < -0.3 is 14.9 Å². The van der Waals surface area contributed by atoms with Crippen molar-refractivity contribution in [1.29, 1.82) is 0 Å². The van der Waals surface area contributed by atoms with E-state index >= 15 is 0 Å². The molecule has 3 rings (SSSR count). The summed E-state index contributed by atoms with van der Waals surface area (Å²) >= 11 is 0. The lowest BCUT2D eigenvalue weighted by Crippen LogP contribution is -2.36. The fourth-order valence-corrected chi connectivity index (χ4v) is 3.44. The van der Waals surface area contributed by atoms with Gasteiger partial charge in [0.25, 0.3) is 0 Å².